The monoisotopic (exact) mass is 650 g/mol. The number of benzene rings is 3. The number of carbonyl (C=O) groups excluding carboxylic acids is 1. The highest BCUT2D eigenvalue weighted by molar-refractivity contribution is 14.1. The van der Waals surface area contributed by atoms with Crippen molar-refractivity contribution in [2.75, 3.05) is 23.3 Å². The van der Waals surface area contributed by atoms with Crippen LogP contribution in [0.5, 0.6) is 0 Å². The molecule has 0 amide bonds. The van der Waals surface area contributed by atoms with Crippen LogP contribution in [0.25, 0.3) is 11.0 Å². The molecule has 1 aromatic heterocycles. The van der Waals surface area contributed by atoms with Crippen molar-refractivity contribution in [3.63, 3.8) is 0 Å². The van der Waals surface area contributed by atoms with Gasteiger partial charge in [0.15, 0.2) is 0 Å². The first-order valence-electron chi connectivity index (χ1n) is 13.7. The number of aryl methyl sites for hydroxylation is 1. The first-order valence-corrected chi connectivity index (χ1v) is 14.8. The van der Waals surface area contributed by atoms with E-state index in [2.05, 4.69) is 52.7 Å². The Morgan fingerprint density at radius 3 is 2.48 bits per heavy atom. The van der Waals surface area contributed by atoms with Crippen LogP contribution in [-0.4, -0.2) is 19.1 Å². The van der Waals surface area contributed by atoms with Crippen LogP contribution < -0.4 is 15.6 Å². The van der Waals surface area contributed by atoms with E-state index in [1.807, 2.05) is 68.4 Å². The molecule has 5 rings (SSSR count). The molecule has 0 aliphatic carbocycles. The Balaban J connectivity index is 1.46. The number of halogens is 1. The lowest BCUT2D eigenvalue weighted by atomic mass is 9.83. The molecule has 4 aromatic rings. The van der Waals surface area contributed by atoms with Crippen molar-refractivity contribution in [2.45, 2.75) is 53.2 Å². The lowest BCUT2D eigenvalue weighted by Gasteiger charge is -2.37. The summed E-state index contributed by atoms with van der Waals surface area (Å²) in [4.78, 5) is 28.8. The summed E-state index contributed by atoms with van der Waals surface area (Å²) in [6.45, 7) is 10.5. The predicted octanol–water partition coefficient (Wildman–Crippen LogP) is 7.86. The zero-order valence-electron chi connectivity index (χ0n) is 23.4. The van der Waals surface area contributed by atoms with Crippen molar-refractivity contribution in [3.8, 4) is 0 Å². The number of hydrogen-bond acceptors (Lipinski definition) is 6. The zero-order chi connectivity index (χ0) is 28.4. The number of esters is 1. The lowest BCUT2D eigenvalue weighted by Crippen LogP contribution is -2.38. The van der Waals surface area contributed by atoms with E-state index in [1.165, 1.54) is 0 Å². The van der Waals surface area contributed by atoms with Gasteiger partial charge < -0.3 is 19.4 Å². The van der Waals surface area contributed by atoms with Crippen LogP contribution in [0, 0.1) is 15.9 Å². The Kier molecular flexibility index (Phi) is 8.21. The minimum absolute atomic E-state index is 0.0104. The topological polar surface area (TPSA) is 71.8 Å². The Hall–Kier alpha value is -3.33. The average Bonchev–Trinajstić information content (AvgIpc) is 2.94. The molecule has 1 aliphatic heterocycles. The van der Waals surface area contributed by atoms with Gasteiger partial charge in [0.05, 0.1) is 17.0 Å². The fourth-order valence-corrected chi connectivity index (χ4v) is 5.92. The van der Waals surface area contributed by atoms with E-state index < -0.39 is 5.97 Å². The van der Waals surface area contributed by atoms with Gasteiger partial charge in [0.2, 0.25) is 11.3 Å². The van der Waals surface area contributed by atoms with Crippen molar-refractivity contribution in [1.82, 2.24) is 0 Å². The van der Waals surface area contributed by atoms with E-state index in [0.29, 0.717) is 31.7 Å². The second kappa shape index (κ2) is 11.6. The number of rotatable bonds is 7. The maximum absolute atomic E-state index is 13.6. The third kappa shape index (κ3) is 6.04. The predicted molar refractivity (Wildman–Crippen MR) is 169 cm³/mol. The third-order valence-electron chi connectivity index (χ3n) is 7.69. The number of anilines is 2. The van der Waals surface area contributed by atoms with E-state index >= 15 is 0 Å². The summed E-state index contributed by atoms with van der Waals surface area (Å²) in [6.07, 6.45) is 2.08. The first kappa shape index (κ1) is 28.2. The number of fused-ring (bicyclic) bond motifs is 1. The van der Waals surface area contributed by atoms with Gasteiger partial charge in [-0.1, -0.05) is 62.4 Å². The van der Waals surface area contributed by atoms with Gasteiger partial charge in [-0.05, 0) is 84.0 Å². The Morgan fingerprint density at radius 1 is 1.07 bits per heavy atom. The summed E-state index contributed by atoms with van der Waals surface area (Å²) in [5, 5.41) is 4.06. The molecule has 0 saturated carbocycles. The summed E-state index contributed by atoms with van der Waals surface area (Å²) in [5.41, 5.74) is 4.75. The van der Waals surface area contributed by atoms with E-state index in [4.69, 9.17) is 9.15 Å². The Bertz CT molecular complexity index is 1590. The molecule has 2 heterocycles. The first-order chi connectivity index (χ1) is 19.1. The van der Waals surface area contributed by atoms with Gasteiger partial charge in [-0.25, -0.2) is 4.79 Å². The van der Waals surface area contributed by atoms with Crippen LogP contribution in [0.4, 0.5) is 11.6 Å². The molecule has 1 atom stereocenters. The van der Waals surface area contributed by atoms with Crippen molar-refractivity contribution >= 4 is 51.1 Å². The number of carbonyl (C=O) groups is 1. The molecule has 6 nitrogen and oxygen atoms in total. The van der Waals surface area contributed by atoms with Crippen LogP contribution in [-0.2, 0) is 11.3 Å². The summed E-state index contributed by atoms with van der Waals surface area (Å²) in [5.74, 6) is 0.250. The highest BCUT2D eigenvalue weighted by Crippen LogP contribution is 2.36. The zero-order valence-corrected chi connectivity index (χ0v) is 25.6. The lowest BCUT2D eigenvalue weighted by molar-refractivity contribution is 0.0474. The second-order valence-electron chi connectivity index (χ2n) is 11.4. The number of hydrogen-bond donors (Lipinski definition) is 1. The van der Waals surface area contributed by atoms with E-state index in [9.17, 15) is 9.59 Å². The minimum Gasteiger partial charge on any atom is -0.457 e. The number of nitrogens with one attached hydrogen (secondary N) is 1. The fraction of sp³-hybridized carbons (Fsp3) is 0.333. The molecule has 1 N–H and O–H groups in total. The highest BCUT2D eigenvalue weighted by atomic mass is 127. The van der Waals surface area contributed by atoms with Crippen LogP contribution in [0.1, 0.15) is 66.7 Å². The number of nitrogens with zero attached hydrogens (tertiary/aromatic N) is 1. The summed E-state index contributed by atoms with van der Waals surface area (Å²) in [7, 11) is 0. The molecule has 3 aromatic carbocycles. The molecule has 7 heteroatoms. The van der Waals surface area contributed by atoms with Crippen molar-refractivity contribution in [3.05, 3.63) is 103 Å². The van der Waals surface area contributed by atoms with Gasteiger partial charge >= 0.3 is 5.97 Å². The van der Waals surface area contributed by atoms with Gasteiger partial charge in [-0.3, -0.25) is 4.79 Å². The van der Waals surface area contributed by atoms with Gasteiger partial charge in [0.25, 0.3) is 0 Å². The molecule has 40 heavy (non-hydrogen) atoms. The van der Waals surface area contributed by atoms with Crippen LogP contribution in [0.15, 0.2) is 75.9 Å². The van der Waals surface area contributed by atoms with Gasteiger partial charge in [0.1, 0.15) is 15.8 Å². The Morgan fingerprint density at radius 2 is 1.75 bits per heavy atom. The smallest absolute Gasteiger partial charge is 0.340 e. The van der Waals surface area contributed by atoms with Crippen molar-refractivity contribution in [2.24, 2.45) is 5.41 Å². The number of para-hydroxylation sites is 1. The average molecular weight is 651 g/mol. The van der Waals surface area contributed by atoms with Crippen LogP contribution in [0.2, 0.25) is 0 Å². The number of ether oxygens (including phenoxy) is 1. The second-order valence-corrected chi connectivity index (χ2v) is 12.5. The molecule has 208 valence electrons. The van der Waals surface area contributed by atoms with E-state index in [0.717, 1.165) is 42.6 Å². The SMILES string of the molecule is Cc1cc([C@@H](C)Nc2ccccc2C(=O)OCc2ccccc2)c2oc(N3CCC(C)(C)CC3)c(I)c(=O)c2c1. The van der Waals surface area contributed by atoms with Gasteiger partial charge in [-0.2, -0.15) is 0 Å². The van der Waals surface area contributed by atoms with Crippen LogP contribution in [0.3, 0.4) is 0 Å². The molecular weight excluding hydrogens is 615 g/mol. The third-order valence-corrected chi connectivity index (χ3v) is 8.65. The molecular formula is C33H35IN2O4. The minimum atomic E-state index is -0.398. The maximum Gasteiger partial charge on any atom is 0.340 e. The fourth-order valence-electron chi connectivity index (χ4n) is 5.18. The molecule has 1 fully saturated rings. The Labute approximate surface area is 248 Å². The normalized spacial score (nSPS) is 15.6. The van der Waals surface area contributed by atoms with Gasteiger partial charge in [0, 0.05) is 24.3 Å². The summed E-state index contributed by atoms with van der Waals surface area (Å²) in [6, 6.07) is 20.7. The molecule has 1 saturated heterocycles. The standard InChI is InChI=1S/C33H35IN2O4/c1-21-18-25(30-26(19-21)29(37)28(34)31(40-30)36-16-14-33(3,4)15-17-36)22(2)35-27-13-9-8-12-24(27)32(38)39-20-23-10-6-5-7-11-23/h5-13,18-19,22,35H,14-17,20H2,1-4H3/t22-/m1/s1. The molecule has 0 radical (unpaired) electrons. The molecule has 0 bridgehead atoms. The van der Waals surface area contributed by atoms with E-state index in [1.54, 1.807) is 6.07 Å². The van der Waals surface area contributed by atoms with E-state index in [-0.39, 0.29) is 23.5 Å². The highest BCUT2D eigenvalue weighted by Gasteiger charge is 2.29. The quantitative estimate of drug-likeness (QED) is 0.162. The molecule has 0 spiro atoms. The maximum atomic E-state index is 13.6. The van der Waals surface area contributed by atoms with Crippen LogP contribution >= 0.6 is 22.6 Å². The largest absolute Gasteiger partial charge is 0.457 e. The van der Waals surface area contributed by atoms with Crippen molar-refractivity contribution < 1.29 is 13.9 Å². The molecule has 1 aliphatic rings. The van der Waals surface area contributed by atoms with Crippen molar-refractivity contribution in [1.29, 1.82) is 0 Å². The number of piperidine rings is 1. The van der Waals surface area contributed by atoms with Gasteiger partial charge in [-0.15, -0.1) is 0 Å². The summed E-state index contributed by atoms with van der Waals surface area (Å²) >= 11 is 2.13. The summed E-state index contributed by atoms with van der Waals surface area (Å²) < 4.78 is 12.8. The molecule has 0 unspecified atom stereocenters.